The monoisotopic (exact) mass is 326 g/mol. The van der Waals surface area contributed by atoms with Crippen molar-refractivity contribution in [1.82, 2.24) is 5.32 Å². The Balaban J connectivity index is 2.75. The first-order chi connectivity index (χ1) is 10.0. The fourth-order valence-electron chi connectivity index (χ4n) is 1.50. The van der Waals surface area contributed by atoms with Gasteiger partial charge in [0, 0.05) is 11.1 Å². The van der Waals surface area contributed by atoms with Crippen molar-refractivity contribution in [3.63, 3.8) is 0 Å². The van der Waals surface area contributed by atoms with Crippen molar-refractivity contribution in [2.24, 2.45) is 5.41 Å². The minimum atomic E-state index is -1.14. The maximum atomic E-state index is 12.0. The van der Waals surface area contributed by atoms with Crippen LogP contribution in [0.5, 0.6) is 0 Å². The number of anilines is 1. The Labute approximate surface area is 133 Å². The van der Waals surface area contributed by atoms with E-state index in [4.69, 9.17) is 16.7 Å². The van der Waals surface area contributed by atoms with Gasteiger partial charge in [0.05, 0.1) is 10.6 Å². The molecular formula is C15H19ClN2O4. The predicted octanol–water partition coefficient (Wildman–Crippen LogP) is 2.53. The molecule has 0 aliphatic rings. The van der Waals surface area contributed by atoms with Gasteiger partial charge in [-0.3, -0.25) is 9.59 Å². The summed E-state index contributed by atoms with van der Waals surface area (Å²) in [5.41, 5.74) is -0.285. The first kappa shape index (κ1) is 18.0. The fourth-order valence-corrected chi connectivity index (χ4v) is 1.76. The van der Waals surface area contributed by atoms with Crippen molar-refractivity contribution < 1.29 is 19.5 Å². The van der Waals surface area contributed by atoms with Crippen LogP contribution in [0.2, 0.25) is 5.02 Å². The van der Waals surface area contributed by atoms with Crippen LogP contribution in [-0.4, -0.2) is 28.9 Å². The van der Waals surface area contributed by atoms with Gasteiger partial charge < -0.3 is 15.7 Å². The summed E-state index contributed by atoms with van der Waals surface area (Å²) in [6.45, 7) is 6.80. The maximum Gasteiger partial charge on any atom is 0.337 e. The summed E-state index contributed by atoms with van der Waals surface area (Å²) in [5, 5.41) is 14.1. The summed E-state index contributed by atoms with van der Waals surface area (Å²) in [6.07, 6.45) is 0. The Morgan fingerprint density at radius 1 is 1.23 bits per heavy atom. The summed E-state index contributed by atoms with van der Waals surface area (Å²) in [5.74, 6) is -1.81. The number of carboxylic acid groups (broad SMARTS) is 1. The molecule has 2 amide bonds. The molecule has 1 atom stereocenters. The molecule has 1 rings (SSSR count). The highest BCUT2D eigenvalue weighted by Crippen LogP contribution is 2.21. The van der Waals surface area contributed by atoms with Crippen LogP contribution in [0.4, 0.5) is 5.69 Å². The summed E-state index contributed by atoms with van der Waals surface area (Å²) in [6, 6.07) is 3.36. The summed E-state index contributed by atoms with van der Waals surface area (Å²) >= 11 is 5.83. The SMILES string of the molecule is CC(NC(=O)C(C)(C)C)C(=O)Nc1ccc(C(=O)O)c(Cl)c1. The third-order valence-corrected chi connectivity index (χ3v) is 3.20. The average Bonchev–Trinajstić information content (AvgIpc) is 2.36. The van der Waals surface area contributed by atoms with E-state index < -0.39 is 23.3 Å². The molecule has 0 spiro atoms. The van der Waals surface area contributed by atoms with Crippen molar-refractivity contribution >= 4 is 35.1 Å². The molecular weight excluding hydrogens is 308 g/mol. The minimum Gasteiger partial charge on any atom is -0.478 e. The van der Waals surface area contributed by atoms with Gasteiger partial charge in [-0.1, -0.05) is 32.4 Å². The van der Waals surface area contributed by atoms with Crippen molar-refractivity contribution in [1.29, 1.82) is 0 Å². The standard InChI is InChI=1S/C15H19ClN2O4/c1-8(17-14(22)15(2,3)4)12(19)18-9-5-6-10(13(20)21)11(16)7-9/h5-8H,1-4H3,(H,17,22)(H,18,19)(H,20,21). The van der Waals surface area contributed by atoms with Gasteiger partial charge in [-0.2, -0.15) is 0 Å². The lowest BCUT2D eigenvalue weighted by Crippen LogP contribution is -2.46. The average molecular weight is 327 g/mol. The molecule has 6 nitrogen and oxygen atoms in total. The molecule has 0 aliphatic carbocycles. The molecule has 1 aromatic carbocycles. The molecule has 0 heterocycles. The fraction of sp³-hybridized carbons (Fsp3) is 0.400. The maximum absolute atomic E-state index is 12.0. The third-order valence-electron chi connectivity index (χ3n) is 2.89. The molecule has 0 radical (unpaired) electrons. The van der Waals surface area contributed by atoms with Gasteiger partial charge in [-0.05, 0) is 25.1 Å². The van der Waals surface area contributed by atoms with E-state index in [0.717, 1.165) is 0 Å². The number of benzene rings is 1. The Morgan fingerprint density at radius 3 is 2.27 bits per heavy atom. The second-order valence-corrected chi connectivity index (χ2v) is 6.34. The number of hydrogen-bond acceptors (Lipinski definition) is 3. The van der Waals surface area contributed by atoms with E-state index in [1.807, 2.05) is 0 Å². The molecule has 0 aliphatic heterocycles. The molecule has 22 heavy (non-hydrogen) atoms. The topological polar surface area (TPSA) is 95.5 Å². The number of rotatable bonds is 4. The van der Waals surface area contributed by atoms with E-state index >= 15 is 0 Å². The zero-order chi connectivity index (χ0) is 17.1. The molecule has 0 bridgehead atoms. The smallest absolute Gasteiger partial charge is 0.337 e. The highest BCUT2D eigenvalue weighted by molar-refractivity contribution is 6.33. The number of hydrogen-bond donors (Lipinski definition) is 3. The third kappa shape index (κ3) is 4.73. The number of carbonyl (C=O) groups is 3. The Bertz CT molecular complexity index is 608. The van der Waals surface area contributed by atoms with Gasteiger partial charge in [0.1, 0.15) is 6.04 Å². The predicted molar refractivity (Wildman–Crippen MR) is 84.1 cm³/mol. The highest BCUT2D eigenvalue weighted by atomic mass is 35.5. The van der Waals surface area contributed by atoms with E-state index in [9.17, 15) is 14.4 Å². The van der Waals surface area contributed by atoms with Crippen LogP contribution in [0.3, 0.4) is 0 Å². The highest BCUT2D eigenvalue weighted by Gasteiger charge is 2.25. The molecule has 120 valence electrons. The first-order valence-electron chi connectivity index (χ1n) is 6.67. The largest absolute Gasteiger partial charge is 0.478 e. The lowest BCUT2D eigenvalue weighted by atomic mass is 9.95. The van der Waals surface area contributed by atoms with Gasteiger partial charge in [0.2, 0.25) is 11.8 Å². The molecule has 1 unspecified atom stereocenters. The van der Waals surface area contributed by atoms with Crippen molar-refractivity contribution in [2.75, 3.05) is 5.32 Å². The number of halogens is 1. The molecule has 0 aromatic heterocycles. The van der Waals surface area contributed by atoms with E-state index in [1.54, 1.807) is 27.7 Å². The van der Waals surface area contributed by atoms with Gasteiger partial charge in [-0.25, -0.2) is 4.79 Å². The number of aromatic carboxylic acids is 1. The van der Waals surface area contributed by atoms with Crippen LogP contribution in [0, 0.1) is 5.41 Å². The molecule has 0 fully saturated rings. The number of amides is 2. The van der Waals surface area contributed by atoms with Crippen molar-refractivity contribution in [3.05, 3.63) is 28.8 Å². The van der Waals surface area contributed by atoms with Crippen molar-refractivity contribution in [3.8, 4) is 0 Å². The van der Waals surface area contributed by atoms with Gasteiger partial charge >= 0.3 is 5.97 Å². The first-order valence-corrected chi connectivity index (χ1v) is 7.05. The van der Waals surface area contributed by atoms with Gasteiger partial charge in [-0.15, -0.1) is 0 Å². The Hall–Kier alpha value is -2.08. The number of nitrogens with one attached hydrogen (secondary N) is 2. The van der Waals surface area contributed by atoms with Gasteiger partial charge in [0.15, 0.2) is 0 Å². The molecule has 1 aromatic rings. The second kappa shape index (κ2) is 6.79. The van der Waals surface area contributed by atoms with Crippen LogP contribution in [0.1, 0.15) is 38.1 Å². The van der Waals surface area contributed by atoms with Crippen LogP contribution in [0.25, 0.3) is 0 Å². The van der Waals surface area contributed by atoms with E-state index in [1.165, 1.54) is 18.2 Å². The van der Waals surface area contributed by atoms with Crippen LogP contribution in [-0.2, 0) is 9.59 Å². The molecule has 0 saturated carbocycles. The zero-order valence-corrected chi connectivity index (χ0v) is 13.6. The zero-order valence-electron chi connectivity index (χ0n) is 12.9. The molecule has 7 heteroatoms. The Morgan fingerprint density at radius 2 is 1.82 bits per heavy atom. The van der Waals surface area contributed by atoms with E-state index in [2.05, 4.69) is 10.6 Å². The lowest BCUT2D eigenvalue weighted by molar-refractivity contribution is -0.131. The number of carbonyl (C=O) groups excluding carboxylic acids is 2. The molecule has 0 saturated heterocycles. The van der Waals surface area contributed by atoms with Crippen LogP contribution < -0.4 is 10.6 Å². The summed E-state index contributed by atoms with van der Waals surface area (Å²) in [4.78, 5) is 34.7. The lowest BCUT2D eigenvalue weighted by Gasteiger charge is -2.21. The molecule has 3 N–H and O–H groups in total. The quantitative estimate of drug-likeness (QED) is 0.792. The second-order valence-electron chi connectivity index (χ2n) is 5.93. The number of carboxylic acids is 1. The summed E-state index contributed by atoms with van der Waals surface area (Å²) in [7, 11) is 0. The van der Waals surface area contributed by atoms with Crippen LogP contribution >= 0.6 is 11.6 Å². The van der Waals surface area contributed by atoms with Gasteiger partial charge in [0.25, 0.3) is 0 Å². The van der Waals surface area contributed by atoms with E-state index in [-0.39, 0.29) is 16.5 Å². The summed E-state index contributed by atoms with van der Waals surface area (Å²) < 4.78 is 0. The Kier molecular flexibility index (Phi) is 5.54. The van der Waals surface area contributed by atoms with E-state index in [0.29, 0.717) is 5.69 Å². The minimum absolute atomic E-state index is 0.0247. The van der Waals surface area contributed by atoms with Crippen LogP contribution in [0.15, 0.2) is 18.2 Å². The normalized spacial score (nSPS) is 12.4. The van der Waals surface area contributed by atoms with Crippen molar-refractivity contribution in [2.45, 2.75) is 33.7 Å².